The average Bonchev–Trinajstić information content (AvgIpc) is 2.81. The summed E-state index contributed by atoms with van der Waals surface area (Å²) < 4.78 is 5.60. The Morgan fingerprint density at radius 2 is 2.26 bits per heavy atom. The van der Waals surface area contributed by atoms with Crippen LogP contribution in [0.5, 0.6) is 6.01 Å². The summed E-state index contributed by atoms with van der Waals surface area (Å²) in [6.45, 7) is -0.349. The van der Waals surface area contributed by atoms with E-state index in [9.17, 15) is 14.4 Å². The highest BCUT2D eigenvalue weighted by atomic mass is 16.5. The van der Waals surface area contributed by atoms with Crippen LogP contribution < -0.4 is 21.2 Å². The van der Waals surface area contributed by atoms with E-state index in [0.717, 1.165) is 16.8 Å². The van der Waals surface area contributed by atoms with Crippen LogP contribution in [0.25, 0.3) is 0 Å². The van der Waals surface area contributed by atoms with Crippen molar-refractivity contribution in [2.45, 2.75) is 6.54 Å². The monoisotopic (exact) mass is 266 g/mol. The summed E-state index contributed by atoms with van der Waals surface area (Å²) in [4.78, 5) is 37.8. The Bertz CT molecular complexity index is 699. The van der Waals surface area contributed by atoms with Crippen LogP contribution in [-0.2, 0) is 11.3 Å². The lowest BCUT2D eigenvalue weighted by Gasteiger charge is -2.03. The van der Waals surface area contributed by atoms with Gasteiger partial charge in [0.1, 0.15) is 6.54 Å². The third-order valence-corrected chi connectivity index (χ3v) is 2.10. The second kappa shape index (κ2) is 5.16. The van der Waals surface area contributed by atoms with Crippen molar-refractivity contribution in [3.05, 3.63) is 32.8 Å². The Balaban J connectivity index is 2.07. The molecule has 0 radical (unpaired) electrons. The number of aromatic nitrogens is 5. The zero-order valence-electron chi connectivity index (χ0n) is 9.84. The number of rotatable bonds is 4. The number of amides is 1. The van der Waals surface area contributed by atoms with Crippen molar-refractivity contribution < 1.29 is 9.53 Å². The molecule has 0 spiro atoms. The molecule has 1 amide bonds. The maximum Gasteiger partial charge on any atom is 0.336 e. The molecule has 19 heavy (non-hydrogen) atoms. The molecule has 100 valence electrons. The first-order chi connectivity index (χ1) is 9.08. The van der Waals surface area contributed by atoms with Crippen molar-refractivity contribution in [1.29, 1.82) is 0 Å². The molecule has 3 N–H and O–H groups in total. The summed E-state index contributed by atoms with van der Waals surface area (Å²) >= 11 is 0. The minimum absolute atomic E-state index is 0.0700. The standard InChI is InChI=1S/C9H10N6O4/c1-19-9-11-8(12-13-9)10-6(17)4-15-7(18)3-2-5(16)14-15/h2-3H,4H2,1H3,(H,14,16)(H2,10,11,12,13,17). The van der Waals surface area contributed by atoms with Gasteiger partial charge in [0.05, 0.1) is 7.11 Å². The topological polar surface area (TPSA) is 135 Å². The molecule has 10 heteroatoms. The average molecular weight is 266 g/mol. The number of ether oxygens (including phenoxy) is 1. The van der Waals surface area contributed by atoms with E-state index in [1.165, 1.54) is 7.11 Å². The van der Waals surface area contributed by atoms with Gasteiger partial charge >= 0.3 is 6.01 Å². The summed E-state index contributed by atoms with van der Waals surface area (Å²) in [6.07, 6.45) is 0. The number of hydrogen-bond donors (Lipinski definition) is 3. The lowest BCUT2D eigenvalue weighted by Crippen LogP contribution is -2.33. The van der Waals surface area contributed by atoms with E-state index < -0.39 is 17.0 Å². The molecule has 2 aromatic rings. The number of carbonyl (C=O) groups is 1. The maximum atomic E-state index is 11.6. The highest BCUT2D eigenvalue weighted by molar-refractivity contribution is 5.88. The summed E-state index contributed by atoms with van der Waals surface area (Å²) in [5, 5.41) is 10.6. The zero-order valence-corrected chi connectivity index (χ0v) is 9.84. The van der Waals surface area contributed by atoms with Crippen LogP contribution in [0.2, 0.25) is 0 Å². The van der Waals surface area contributed by atoms with Gasteiger partial charge in [0.25, 0.3) is 11.1 Å². The molecule has 0 unspecified atom stereocenters. The Hall–Kier alpha value is -2.91. The van der Waals surface area contributed by atoms with Crippen molar-refractivity contribution in [3.63, 3.8) is 0 Å². The van der Waals surface area contributed by atoms with Crippen molar-refractivity contribution in [2.24, 2.45) is 0 Å². The number of nitrogens with one attached hydrogen (secondary N) is 3. The van der Waals surface area contributed by atoms with Crippen molar-refractivity contribution >= 4 is 11.9 Å². The molecule has 10 nitrogen and oxygen atoms in total. The van der Waals surface area contributed by atoms with Crippen LogP contribution in [0.15, 0.2) is 21.7 Å². The first-order valence-electron chi connectivity index (χ1n) is 5.15. The molecule has 0 aliphatic heterocycles. The number of anilines is 1. The van der Waals surface area contributed by atoms with E-state index in [1.807, 2.05) is 0 Å². The smallest absolute Gasteiger partial charge is 0.336 e. The summed E-state index contributed by atoms with van der Waals surface area (Å²) in [5.41, 5.74) is -0.973. The molecule has 0 aliphatic rings. The second-order valence-electron chi connectivity index (χ2n) is 3.45. The van der Waals surface area contributed by atoms with Crippen LogP contribution in [0.4, 0.5) is 5.95 Å². The van der Waals surface area contributed by atoms with Gasteiger partial charge in [-0.3, -0.25) is 24.8 Å². The molecule has 0 saturated heterocycles. The van der Waals surface area contributed by atoms with E-state index >= 15 is 0 Å². The van der Waals surface area contributed by atoms with Crippen LogP contribution in [-0.4, -0.2) is 38.0 Å². The second-order valence-corrected chi connectivity index (χ2v) is 3.45. The molecule has 0 atom stereocenters. The van der Waals surface area contributed by atoms with Gasteiger partial charge in [-0.05, 0) is 0 Å². The number of carbonyl (C=O) groups excluding carboxylic acids is 1. The van der Waals surface area contributed by atoms with Gasteiger partial charge in [0.15, 0.2) is 0 Å². The van der Waals surface area contributed by atoms with Gasteiger partial charge in [-0.1, -0.05) is 0 Å². The summed E-state index contributed by atoms with van der Waals surface area (Å²) in [5.74, 6) is -0.476. The van der Waals surface area contributed by atoms with Gasteiger partial charge in [-0.25, -0.2) is 9.78 Å². The quantitative estimate of drug-likeness (QED) is 0.603. The summed E-state index contributed by atoms with van der Waals surface area (Å²) in [7, 11) is 1.38. The van der Waals surface area contributed by atoms with E-state index in [0.29, 0.717) is 0 Å². The van der Waals surface area contributed by atoms with Gasteiger partial charge in [0.2, 0.25) is 11.9 Å². The Labute approximate surface area is 105 Å². The number of hydrogen-bond acceptors (Lipinski definition) is 6. The third kappa shape index (κ3) is 3.06. The van der Waals surface area contributed by atoms with Crippen molar-refractivity contribution in [3.8, 4) is 6.01 Å². The molecular weight excluding hydrogens is 256 g/mol. The molecule has 0 bridgehead atoms. The zero-order chi connectivity index (χ0) is 13.8. The molecule has 0 aromatic carbocycles. The highest BCUT2D eigenvalue weighted by Gasteiger charge is 2.09. The summed E-state index contributed by atoms with van der Waals surface area (Å²) in [6, 6.07) is 2.22. The fourth-order valence-corrected chi connectivity index (χ4v) is 1.29. The largest absolute Gasteiger partial charge is 0.466 e. The first-order valence-corrected chi connectivity index (χ1v) is 5.15. The predicted octanol–water partition coefficient (Wildman–Crippen LogP) is -1.70. The van der Waals surface area contributed by atoms with Gasteiger partial charge in [-0.2, -0.15) is 4.98 Å². The molecule has 2 rings (SSSR count). The Kier molecular flexibility index (Phi) is 3.41. The number of aromatic amines is 2. The Morgan fingerprint density at radius 1 is 1.47 bits per heavy atom. The van der Waals surface area contributed by atoms with E-state index in [2.05, 4.69) is 25.6 Å². The van der Waals surface area contributed by atoms with Gasteiger partial charge in [0, 0.05) is 12.1 Å². The maximum absolute atomic E-state index is 11.6. The van der Waals surface area contributed by atoms with E-state index in [1.54, 1.807) is 0 Å². The van der Waals surface area contributed by atoms with Crippen molar-refractivity contribution in [1.82, 2.24) is 25.0 Å². The number of nitrogens with zero attached hydrogens (tertiary/aromatic N) is 3. The molecule has 0 fully saturated rings. The minimum atomic E-state index is -0.553. The van der Waals surface area contributed by atoms with Crippen LogP contribution in [0.3, 0.4) is 0 Å². The highest BCUT2D eigenvalue weighted by Crippen LogP contribution is 2.03. The van der Waals surface area contributed by atoms with Gasteiger partial charge < -0.3 is 4.74 Å². The van der Waals surface area contributed by atoms with Crippen molar-refractivity contribution in [2.75, 3.05) is 12.4 Å². The minimum Gasteiger partial charge on any atom is -0.466 e. The molecule has 0 saturated carbocycles. The molecule has 2 aromatic heterocycles. The lowest BCUT2D eigenvalue weighted by molar-refractivity contribution is -0.117. The fraction of sp³-hybridized carbons (Fsp3) is 0.222. The normalized spacial score (nSPS) is 10.2. The van der Waals surface area contributed by atoms with E-state index in [4.69, 9.17) is 4.74 Å². The molecular formula is C9H10N6O4. The SMILES string of the molecule is COc1n[nH]c(NC(=O)Cn2[nH]c(=O)ccc2=O)n1. The van der Waals surface area contributed by atoms with Crippen LogP contribution in [0.1, 0.15) is 0 Å². The fourth-order valence-electron chi connectivity index (χ4n) is 1.29. The number of H-pyrrole nitrogens is 2. The lowest BCUT2D eigenvalue weighted by atomic mass is 10.5. The third-order valence-electron chi connectivity index (χ3n) is 2.10. The molecule has 0 aliphatic carbocycles. The van der Waals surface area contributed by atoms with Crippen LogP contribution in [0, 0.1) is 0 Å². The Morgan fingerprint density at radius 3 is 2.95 bits per heavy atom. The van der Waals surface area contributed by atoms with Crippen LogP contribution >= 0.6 is 0 Å². The number of methoxy groups -OCH3 is 1. The predicted molar refractivity (Wildman–Crippen MR) is 62.9 cm³/mol. The first kappa shape index (κ1) is 12.5. The van der Waals surface area contributed by atoms with E-state index in [-0.39, 0.29) is 18.5 Å². The van der Waals surface area contributed by atoms with Gasteiger partial charge in [-0.15, -0.1) is 5.10 Å². The molecule has 2 heterocycles.